The summed E-state index contributed by atoms with van der Waals surface area (Å²) in [6.07, 6.45) is 12.5. The van der Waals surface area contributed by atoms with Gasteiger partial charge in [-0.3, -0.25) is 0 Å². The van der Waals surface area contributed by atoms with Gasteiger partial charge in [-0.2, -0.15) is 0 Å². The van der Waals surface area contributed by atoms with Gasteiger partial charge in [0.1, 0.15) is 0 Å². The van der Waals surface area contributed by atoms with E-state index in [2.05, 4.69) is 6.92 Å². The first-order valence-corrected chi connectivity index (χ1v) is 7.78. The molecule has 0 N–H and O–H groups in total. The fourth-order valence-electron chi connectivity index (χ4n) is 2.74. The Labute approximate surface area is 86.8 Å². The van der Waals surface area contributed by atoms with Gasteiger partial charge in [-0.1, -0.05) is 0 Å². The number of hydrogen-bond donors (Lipinski definition) is 0. The molecule has 1 saturated heterocycles. The molecule has 1 saturated carbocycles. The fraction of sp³-hybridized carbons (Fsp3) is 1.00. The molecule has 2 fully saturated rings. The molecule has 0 aromatic rings. The van der Waals surface area contributed by atoms with Crippen LogP contribution in [0.5, 0.6) is 0 Å². The molecule has 0 nitrogen and oxygen atoms in total. The Balaban J connectivity index is 2.02. The van der Waals surface area contributed by atoms with E-state index in [0.717, 1.165) is 7.35 Å². The van der Waals surface area contributed by atoms with Crippen LogP contribution in [0.3, 0.4) is 0 Å². The summed E-state index contributed by atoms with van der Waals surface area (Å²) >= 11 is 0.534. The molecule has 0 bridgehead atoms. The summed E-state index contributed by atoms with van der Waals surface area (Å²) < 4.78 is 2.07. The van der Waals surface area contributed by atoms with Crippen LogP contribution in [-0.2, 0) is 0 Å². The minimum absolute atomic E-state index is 0.534. The first-order valence-electron chi connectivity index (χ1n) is 5.45. The van der Waals surface area contributed by atoms with Gasteiger partial charge in [0.25, 0.3) is 0 Å². The van der Waals surface area contributed by atoms with E-state index in [9.17, 15) is 0 Å². The van der Waals surface area contributed by atoms with Crippen molar-refractivity contribution in [3.05, 3.63) is 0 Å². The molecule has 0 amide bonds. The molecule has 1 spiro atoms. The van der Waals surface area contributed by atoms with E-state index in [0.29, 0.717) is 21.2 Å². The maximum atomic E-state index is 2.51. The average molecular weight is 279 g/mol. The Morgan fingerprint density at radius 2 is 1.58 bits per heavy atom. The predicted molar refractivity (Wildman–Crippen MR) is 49.1 cm³/mol. The van der Waals surface area contributed by atoms with Crippen molar-refractivity contribution in [2.45, 2.75) is 65.6 Å². The molecule has 1 aliphatic heterocycles. The van der Waals surface area contributed by atoms with Gasteiger partial charge in [0.2, 0.25) is 0 Å². The molecular weight excluding hydrogens is 259 g/mol. The zero-order valence-corrected chi connectivity index (χ0v) is 10.3. The summed E-state index contributed by atoms with van der Waals surface area (Å²) in [5.41, 5.74) is 0. The van der Waals surface area contributed by atoms with Gasteiger partial charge in [0, 0.05) is 0 Å². The van der Waals surface area contributed by atoms with Crippen molar-refractivity contribution in [3.63, 3.8) is 0 Å². The molecule has 72 valence electrons. The van der Waals surface area contributed by atoms with Crippen molar-refractivity contribution >= 4 is 0 Å². The van der Waals surface area contributed by atoms with Crippen LogP contribution >= 0.6 is 0 Å². The summed E-state index contributed by atoms with van der Waals surface area (Å²) in [7, 11) is 0. The average Bonchev–Trinajstić information content (AvgIpc) is 2.39. The van der Waals surface area contributed by atoms with E-state index in [1.807, 2.05) is 0 Å². The SMILES string of the molecule is CC1CCCCC2(CCCC2)[I-]1. The van der Waals surface area contributed by atoms with Crippen molar-refractivity contribution in [1.29, 1.82) is 0 Å². The molecule has 1 atom stereocenters. The van der Waals surface area contributed by atoms with Gasteiger partial charge in [-0.15, -0.1) is 0 Å². The van der Waals surface area contributed by atoms with E-state index in [4.69, 9.17) is 0 Å². The Hall–Kier alpha value is 0.730. The molecule has 12 heavy (non-hydrogen) atoms. The Bertz CT molecular complexity index is 147. The monoisotopic (exact) mass is 279 g/mol. The second kappa shape index (κ2) is 3.85. The number of hydrogen-bond acceptors (Lipinski definition) is 0. The maximum absolute atomic E-state index is 2.51. The molecule has 0 aromatic carbocycles. The summed E-state index contributed by atoms with van der Waals surface area (Å²) in [6.45, 7) is 2.51. The topological polar surface area (TPSA) is 0 Å². The second-order valence-electron chi connectivity index (χ2n) is 4.49. The third-order valence-corrected chi connectivity index (χ3v) is 8.02. The summed E-state index contributed by atoms with van der Waals surface area (Å²) in [5.74, 6) is 0. The molecule has 2 aliphatic rings. The van der Waals surface area contributed by atoms with Crippen LogP contribution in [0.25, 0.3) is 0 Å². The Kier molecular flexibility index (Phi) is 2.98. The second-order valence-corrected chi connectivity index (χ2v) is 9.53. The molecule has 0 aromatic heterocycles. The third-order valence-electron chi connectivity index (χ3n) is 3.39. The van der Waals surface area contributed by atoms with Crippen molar-refractivity contribution < 1.29 is 21.2 Å². The summed E-state index contributed by atoms with van der Waals surface area (Å²) in [6, 6.07) is 0. The molecule has 2 rings (SSSR count). The van der Waals surface area contributed by atoms with Gasteiger partial charge in [-0.05, 0) is 0 Å². The van der Waals surface area contributed by atoms with Crippen LogP contribution in [0, 0.1) is 0 Å². The van der Waals surface area contributed by atoms with E-state index >= 15 is 0 Å². The molecule has 1 unspecified atom stereocenters. The van der Waals surface area contributed by atoms with Gasteiger partial charge in [0.15, 0.2) is 0 Å². The van der Waals surface area contributed by atoms with Crippen LogP contribution in [0.2, 0.25) is 0 Å². The first-order chi connectivity index (χ1) is 5.81. The van der Waals surface area contributed by atoms with Crippen LogP contribution in [0.15, 0.2) is 0 Å². The van der Waals surface area contributed by atoms with Gasteiger partial charge in [0.05, 0.1) is 0 Å². The van der Waals surface area contributed by atoms with Crippen LogP contribution in [0.4, 0.5) is 0 Å². The van der Waals surface area contributed by atoms with E-state index < -0.39 is 0 Å². The predicted octanol–water partition coefficient (Wildman–Crippen LogP) is 0.351. The van der Waals surface area contributed by atoms with E-state index in [1.165, 1.54) is 6.42 Å². The van der Waals surface area contributed by atoms with Gasteiger partial charge in [-0.25, -0.2) is 0 Å². The summed E-state index contributed by atoms with van der Waals surface area (Å²) in [4.78, 5) is 0. The van der Waals surface area contributed by atoms with Gasteiger partial charge < -0.3 is 0 Å². The molecule has 1 aliphatic carbocycles. The third kappa shape index (κ3) is 1.97. The fourth-order valence-corrected chi connectivity index (χ4v) is 7.83. The molecular formula is C11H20I-. The molecule has 1 heteroatoms. The normalized spacial score (nSPS) is 35.9. The van der Waals surface area contributed by atoms with Crippen molar-refractivity contribution in [1.82, 2.24) is 0 Å². The van der Waals surface area contributed by atoms with Crippen LogP contribution in [0.1, 0.15) is 58.3 Å². The number of halogens is 1. The van der Waals surface area contributed by atoms with Crippen LogP contribution < -0.4 is 21.2 Å². The van der Waals surface area contributed by atoms with Gasteiger partial charge >= 0.3 is 86.8 Å². The zero-order valence-electron chi connectivity index (χ0n) is 8.11. The zero-order chi connectivity index (χ0) is 8.44. The first kappa shape index (κ1) is 9.29. The Morgan fingerprint density at radius 1 is 1.00 bits per heavy atom. The van der Waals surface area contributed by atoms with E-state index in [1.54, 1.807) is 44.9 Å². The number of rotatable bonds is 0. The summed E-state index contributed by atoms with van der Waals surface area (Å²) in [5, 5.41) is 0. The van der Waals surface area contributed by atoms with Crippen molar-refractivity contribution in [2.75, 3.05) is 0 Å². The van der Waals surface area contributed by atoms with Crippen molar-refractivity contribution in [2.24, 2.45) is 0 Å². The molecule has 1 heterocycles. The number of alkyl halides is 2. The van der Waals surface area contributed by atoms with Crippen LogP contribution in [-0.4, -0.2) is 7.35 Å². The standard InChI is InChI=1S/C11H20I/c1-10-6-2-3-7-11(12-10)8-4-5-9-11/h10H,2-9H2,1H3/q-1. The Morgan fingerprint density at radius 3 is 2.25 bits per heavy atom. The quantitative estimate of drug-likeness (QED) is 0.443. The van der Waals surface area contributed by atoms with Crippen molar-refractivity contribution in [3.8, 4) is 0 Å². The molecule has 0 radical (unpaired) electrons. The minimum atomic E-state index is 0.534. The van der Waals surface area contributed by atoms with E-state index in [-0.39, 0.29) is 0 Å².